The maximum atomic E-state index is 12.4. The summed E-state index contributed by atoms with van der Waals surface area (Å²) < 4.78 is 6.06. The van der Waals surface area contributed by atoms with Gasteiger partial charge in [-0.1, -0.05) is 47.5 Å². The van der Waals surface area contributed by atoms with E-state index in [-0.39, 0.29) is 17.6 Å². The first-order valence-electron chi connectivity index (χ1n) is 8.67. The number of carbonyl (C=O) groups excluding carboxylic acids is 1. The Labute approximate surface area is 149 Å². The third-order valence-electron chi connectivity index (χ3n) is 4.44. The molecule has 3 rings (SSSR count). The molecule has 0 spiro atoms. The molecule has 1 N–H and O–H groups in total. The van der Waals surface area contributed by atoms with Crippen molar-refractivity contribution in [3.8, 4) is 5.75 Å². The fraction of sp³-hybridized carbons (Fsp3) is 0.318. The van der Waals surface area contributed by atoms with Crippen LogP contribution in [0, 0.1) is 13.8 Å². The van der Waals surface area contributed by atoms with Crippen LogP contribution >= 0.6 is 0 Å². The second-order valence-electron chi connectivity index (χ2n) is 7.41. The minimum Gasteiger partial charge on any atom is -0.487 e. The van der Waals surface area contributed by atoms with Gasteiger partial charge in [0, 0.05) is 18.1 Å². The van der Waals surface area contributed by atoms with Crippen molar-refractivity contribution in [3.63, 3.8) is 0 Å². The Hall–Kier alpha value is -2.55. The van der Waals surface area contributed by atoms with Crippen LogP contribution in [0.2, 0.25) is 0 Å². The van der Waals surface area contributed by atoms with Crippen molar-refractivity contribution < 1.29 is 9.53 Å². The number of amides is 1. The van der Waals surface area contributed by atoms with E-state index in [1.807, 2.05) is 49.4 Å². The molecular formula is C22H25NO2. The van der Waals surface area contributed by atoms with Crippen molar-refractivity contribution in [2.75, 3.05) is 0 Å². The maximum Gasteiger partial charge on any atom is 0.244 e. The van der Waals surface area contributed by atoms with Gasteiger partial charge in [0.1, 0.15) is 11.4 Å². The molecule has 3 nitrogen and oxygen atoms in total. The summed E-state index contributed by atoms with van der Waals surface area (Å²) in [4.78, 5) is 12.4. The highest BCUT2D eigenvalue weighted by Gasteiger charge is 2.34. The van der Waals surface area contributed by atoms with Gasteiger partial charge in [-0.25, -0.2) is 0 Å². The zero-order chi connectivity index (χ0) is 18.0. The smallest absolute Gasteiger partial charge is 0.244 e. The number of rotatable bonds is 3. The molecule has 0 fully saturated rings. The van der Waals surface area contributed by atoms with Gasteiger partial charge in [0.15, 0.2) is 0 Å². The Morgan fingerprint density at radius 1 is 1.12 bits per heavy atom. The van der Waals surface area contributed by atoms with Crippen molar-refractivity contribution in [2.45, 2.75) is 45.8 Å². The van der Waals surface area contributed by atoms with Gasteiger partial charge < -0.3 is 10.1 Å². The summed E-state index contributed by atoms with van der Waals surface area (Å²) in [5, 5.41) is 3.13. The van der Waals surface area contributed by atoms with Gasteiger partial charge in [-0.3, -0.25) is 4.79 Å². The lowest BCUT2D eigenvalue weighted by atomic mass is 9.89. The normalized spacial score (nSPS) is 18.5. The minimum absolute atomic E-state index is 0.0474. The molecule has 1 heterocycles. The lowest BCUT2D eigenvalue weighted by Gasteiger charge is -2.38. The Morgan fingerprint density at radius 2 is 1.80 bits per heavy atom. The highest BCUT2D eigenvalue weighted by Crippen LogP contribution is 2.39. The Morgan fingerprint density at radius 3 is 2.52 bits per heavy atom. The largest absolute Gasteiger partial charge is 0.487 e. The molecule has 1 atom stereocenters. The van der Waals surface area contributed by atoms with Crippen LogP contribution in [-0.2, 0) is 4.79 Å². The van der Waals surface area contributed by atoms with Gasteiger partial charge in [-0.15, -0.1) is 0 Å². The van der Waals surface area contributed by atoms with Crippen LogP contribution in [0.15, 0.2) is 48.5 Å². The molecule has 0 unspecified atom stereocenters. The van der Waals surface area contributed by atoms with Gasteiger partial charge >= 0.3 is 0 Å². The molecular weight excluding hydrogens is 310 g/mol. The first kappa shape index (κ1) is 17.3. The lowest BCUT2D eigenvalue weighted by Crippen LogP contribution is -2.41. The topological polar surface area (TPSA) is 38.3 Å². The summed E-state index contributed by atoms with van der Waals surface area (Å²) in [5.74, 6) is 0.769. The van der Waals surface area contributed by atoms with E-state index < -0.39 is 0 Å². The Bertz CT molecular complexity index is 803. The summed E-state index contributed by atoms with van der Waals surface area (Å²) in [6.07, 6.45) is 4.19. The molecule has 0 saturated carbocycles. The number of nitrogens with one attached hydrogen (secondary N) is 1. The van der Waals surface area contributed by atoms with Crippen LogP contribution < -0.4 is 10.1 Å². The van der Waals surface area contributed by atoms with E-state index in [9.17, 15) is 4.79 Å². The second-order valence-corrected chi connectivity index (χ2v) is 7.41. The second kappa shape index (κ2) is 6.75. The van der Waals surface area contributed by atoms with Crippen molar-refractivity contribution in [2.24, 2.45) is 0 Å². The van der Waals surface area contributed by atoms with Gasteiger partial charge in [0.2, 0.25) is 5.91 Å². The van der Waals surface area contributed by atoms with Crippen molar-refractivity contribution in [1.29, 1.82) is 0 Å². The van der Waals surface area contributed by atoms with Gasteiger partial charge in [-0.05, 0) is 45.4 Å². The molecule has 0 radical (unpaired) electrons. The van der Waals surface area contributed by atoms with E-state index in [2.05, 4.69) is 32.2 Å². The molecule has 3 heteroatoms. The van der Waals surface area contributed by atoms with Crippen molar-refractivity contribution in [1.82, 2.24) is 5.32 Å². The van der Waals surface area contributed by atoms with Gasteiger partial charge in [0.05, 0.1) is 6.04 Å². The lowest BCUT2D eigenvalue weighted by molar-refractivity contribution is -0.117. The molecule has 0 saturated heterocycles. The van der Waals surface area contributed by atoms with E-state index >= 15 is 0 Å². The van der Waals surface area contributed by atoms with Crippen LogP contribution in [0.25, 0.3) is 6.08 Å². The summed E-state index contributed by atoms with van der Waals surface area (Å²) in [5.41, 5.74) is 4.14. The van der Waals surface area contributed by atoms with Gasteiger partial charge in [0.25, 0.3) is 0 Å². The average Bonchev–Trinajstić information content (AvgIpc) is 2.54. The van der Waals surface area contributed by atoms with Crippen LogP contribution in [0.3, 0.4) is 0 Å². The quantitative estimate of drug-likeness (QED) is 0.823. The number of aryl methyl sites for hydroxylation is 2. The standard InChI is InChI=1S/C22H25NO2/c1-15-5-8-17(9-6-15)10-12-21(24)23-19-14-22(3,4)25-20-11-7-16(2)13-18(19)20/h5-13,19H,14H2,1-4H3,(H,23,24)/b12-10+/t19-/m1/s1. The fourth-order valence-corrected chi connectivity index (χ4v) is 3.17. The first-order valence-corrected chi connectivity index (χ1v) is 8.67. The molecule has 0 aromatic heterocycles. The number of fused-ring (bicyclic) bond motifs is 1. The Balaban J connectivity index is 1.76. The number of hydrogen-bond donors (Lipinski definition) is 1. The summed E-state index contributed by atoms with van der Waals surface area (Å²) in [7, 11) is 0. The van der Waals surface area contributed by atoms with Crippen molar-refractivity contribution >= 4 is 12.0 Å². The zero-order valence-electron chi connectivity index (χ0n) is 15.3. The molecule has 130 valence electrons. The number of ether oxygens (including phenoxy) is 1. The molecule has 1 aliphatic rings. The molecule has 0 bridgehead atoms. The highest BCUT2D eigenvalue weighted by atomic mass is 16.5. The third-order valence-corrected chi connectivity index (χ3v) is 4.44. The van der Waals surface area contributed by atoms with Crippen LogP contribution in [0.4, 0.5) is 0 Å². The average molecular weight is 335 g/mol. The molecule has 2 aromatic rings. The summed E-state index contributed by atoms with van der Waals surface area (Å²) in [6, 6.07) is 14.2. The van der Waals surface area contributed by atoms with Crippen LogP contribution in [-0.4, -0.2) is 11.5 Å². The fourth-order valence-electron chi connectivity index (χ4n) is 3.17. The van der Waals surface area contributed by atoms with Crippen LogP contribution in [0.5, 0.6) is 5.75 Å². The SMILES string of the molecule is Cc1ccc(/C=C/C(=O)N[C@@H]2CC(C)(C)Oc3ccc(C)cc32)cc1. The minimum atomic E-state index is -0.305. The predicted molar refractivity (Wildman–Crippen MR) is 102 cm³/mol. The maximum absolute atomic E-state index is 12.4. The van der Waals surface area contributed by atoms with E-state index in [1.165, 1.54) is 5.56 Å². The molecule has 25 heavy (non-hydrogen) atoms. The molecule has 1 amide bonds. The van der Waals surface area contributed by atoms with Gasteiger partial charge in [-0.2, -0.15) is 0 Å². The molecule has 0 aliphatic carbocycles. The zero-order valence-corrected chi connectivity index (χ0v) is 15.3. The molecule has 1 aliphatic heterocycles. The Kier molecular flexibility index (Phi) is 4.67. The monoisotopic (exact) mass is 335 g/mol. The van der Waals surface area contributed by atoms with E-state index in [0.717, 1.165) is 28.9 Å². The predicted octanol–water partition coefficient (Wildman–Crippen LogP) is 4.74. The first-order chi connectivity index (χ1) is 11.8. The number of carbonyl (C=O) groups is 1. The van der Waals surface area contributed by atoms with E-state index in [4.69, 9.17) is 4.74 Å². The van der Waals surface area contributed by atoms with Crippen molar-refractivity contribution in [3.05, 3.63) is 70.8 Å². The third kappa shape index (κ3) is 4.30. The molecule has 2 aromatic carbocycles. The van der Waals surface area contributed by atoms with E-state index in [1.54, 1.807) is 6.08 Å². The summed E-state index contributed by atoms with van der Waals surface area (Å²) >= 11 is 0. The van der Waals surface area contributed by atoms with Crippen LogP contribution in [0.1, 0.15) is 48.6 Å². The number of hydrogen-bond acceptors (Lipinski definition) is 2. The summed E-state index contributed by atoms with van der Waals surface area (Å²) in [6.45, 7) is 8.21. The highest BCUT2D eigenvalue weighted by molar-refractivity contribution is 5.92. The van der Waals surface area contributed by atoms with E-state index in [0.29, 0.717) is 0 Å². The number of benzene rings is 2.